The topological polar surface area (TPSA) is 87.9 Å². The van der Waals surface area contributed by atoms with E-state index in [0.29, 0.717) is 22.1 Å². The van der Waals surface area contributed by atoms with E-state index in [1.165, 1.54) is 12.1 Å². The summed E-state index contributed by atoms with van der Waals surface area (Å²) in [4.78, 5) is 22.1. The van der Waals surface area contributed by atoms with E-state index >= 15 is 0 Å². The molecule has 1 aromatic heterocycles. The first-order chi connectivity index (χ1) is 10.5. The van der Waals surface area contributed by atoms with Crippen molar-refractivity contribution in [3.05, 3.63) is 49.8 Å². The van der Waals surface area contributed by atoms with Gasteiger partial charge in [0.05, 0.1) is 9.95 Å². The molecule has 0 atom stereocenters. The van der Waals surface area contributed by atoms with Crippen LogP contribution in [0.2, 0.25) is 5.02 Å². The molecule has 0 bridgehead atoms. The van der Waals surface area contributed by atoms with Gasteiger partial charge in [-0.25, -0.2) is 4.79 Å². The standard InChI is InChI=1S/C13H8ClNO6S/c14-8-4-10-9(20-6-21-10)3-7(8)5-19-13(16)11-1-2-12(22-11)15(17)18/h1-4H,5-6H2. The van der Waals surface area contributed by atoms with Crippen molar-refractivity contribution in [2.24, 2.45) is 0 Å². The van der Waals surface area contributed by atoms with Gasteiger partial charge in [-0.2, -0.15) is 0 Å². The Morgan fingerprint density at radius 3 is 2.77 bits per heavy atom. The summed E-state index contributed by atoms with van der Waals surface area (Å²) in [6, 6.07) is 5.83. The molecule has 114 valence electrons. The van der Waals surface area contributed by atoms with Gasteiger partial charge in [-0.05, 0) is 12.1 Å². The fourth-order valence-corrected chi connectivity index (χ4v) is 2.74. The third-order valence-corrected chi connectivity index (χ3v) is 4.24. The lowest BCUT2D eigenvalue weighted by Gasteiger charge is -2.07. The fourth-order valence-electron chi connectivity index (χ4n) is 1.82. The third-order valence-electron chi connectivity index (χ3n) is 2.87. The summed E-state index contributed by atoms with van der Waals surface area (Å²) >= 11 is 6.83. The number of esters is 1. The van der Waals surface area contributed by atoms with E-state index in [-0.39, 0.29) is 23.3 Å². The number of nitrogens with zero attached hydrogens (tertiary/aromatic N) is 1. The second-order valence-electron chi connectivity index (χ2n) is 4.27. The van der Waals surface area contributed by atoms with Gasteiger partial charge in [0.15, 0.2) is 11.5 Å². The first-order valence-corrected chi connectivity index (χ1v) is 7.23. The van der Waals surface area contributed by atoms with Crippen molar-refractivity contribution in [2.45, 2.75) is 6.61 Å². The molecule has 0 saturated carbocycles. The number of ether oxygens (including phenoxy) is 3. The molecular formula is C13H8ClNO6S. The van der Waals surface area contributed by atoms with E-state index in [0.717, 1.165) is 11.3 Å². The normalized spacial score (nSPS) is 12.2. The summed E-state index contributed by atoms with van der Waals surface area (Å²) in [7, 11) is 0. The molecule has 1 aliphatic rings. The lowest BCUT2D eigenvalue weighted by Crippen LogP contribution is -2.03. The van der Waals surface area contributed by atoms with E-state index in [9.17, 15) is 14.9 Å². The average Bonchev–Trinajstić information content (AvgIpc) is 3.13. The second-order valence-corrected chi connectivity index (χ2v) is 5.74. The Labute approximate surface area is 133 Å². The molecule has 2 heterocycles. The summed E-state index contributed by atoms with van der Waals surface area (Å²) in [6.45, 7) is 0.0494. The Balaban J connectivity index is 1.69. The molecule has 1 aliphatic heterocycles. The molecule has 0 unspecified atom stereocenters. The van der Waals surface area contributed by atoms with E-state index in [4.69, 9.17) is 25.8 Å². The first-order valence-electron chi connectivity index (χ1n) is 6.04. The summed E-state index contributed by atoms with van der Waals surface area (Å²) in [5.41, 5.74) is 0.560. The van der Waals surface area contributed by atoms with Crippen molar-refractivity contribution in [3.63, 3.8) is 0 Å². The zero-order valence-electron chi connectivity index (χ0n) is 10.9. The van der Waals surface area contributed by atoms with Crippen LogP contribution in [0.15, 0.2) is 24.3 Å². The zero-order chi connectivity index (χ0) is 15.7. The Morgan fingerprint density at radius 1 is 1.36 bits per heavy atom. The minimum atomic E-state index is -0.646. The van der Waals surface area contributed by atoms with Gasteiger partial charge in [0.2, 0.25) is 6.79 Å². The van der Waals surface area contributed by atoms with Crippen LogP contribution in [0.5, 0.6) is 11.5 Å². The SMILES string of the molecule is O=C(OCc1cc2c(cc1Cl)OCO2)c1ccc([N+](=O)[O-])s1. The van der Waals surface area contributed by atoms with Crippen LogP contribution in [-0.2, 0) is 11.3 Å². The van der Waals surface area contributed by atoms with Crippen LogP contribution in [0, 0.1) is 10.1 Å². The number of thiophene rings is 1. The lowest BCUT2D eigenvalue weighted by atomic mass is 10.2. The average molecular weight is 342 g/mol. The van der Waals surface area contributed by atoms with E-state index in [1.807, 2.05) is 0 Å². The highest BCUT2D eigenvalue weighted by Crippen LogP contribution is 2.37. The van der Waals surface area contributed by atoms with Gasteiger partial charge in [-0.3, -0.25) is 10.1 Å². The highest BCUT2D eigenvalue weighted by molar-refractivity contribution is 7.17. The fraction of sp³-hybridized carbons (Fsp3) is 0.154. The molecule has 0 spiro atoms. The van der Waals surface area contributed by atoms with Gasteiger partial charge in [0.25, 0.3) is 0 Å². The number of hydrogen-bond acceptors (Lipinski definition) is 7. The van der Waals surface area contributed by atoms with Gasteiger partial charge in [0, 0.05) is 17.7 Å². The summed E-state index contributed by atoms with van der Waals surface area (Å²) in [5.74, 6) is 0.419. The smallest absolute Gasteiger partial charge is 0.348 e. The van der Waals surface area contributed by atoms with Crippen LogP contribution in [0.4, 0.5) is 5.00 Å². The van der Waals surface area contributed by atoms with Crippen LogP contribution in [-0.4, -0.2) is 17.7 Å². The van der Waals surface area contributed by atoms with E-state index in [1.54, 1.807) is 12.1 Å². The van der Waals surface area contributed by atoms with Gasteiger partial charge < -0.3 is 14.2 Å². The summed E-state index contributed by atoms with van der Waals surface area (Å²) < 4.78 is 15.5. The number of rotatable bonds is 4. The lowest BCUT2D eigenvalue weighted by molar-refractivity contribution is -0.380. The van der Waals surface area contributed by atoms with Crippen molar-refractivity contribution >= 4 is 33.9 Å². The number of carbonyl (C=O) groups is 1. The predicted molar refractivity (Wildman–Crippen MR) is 77.7 cm³/mol. The highest BCUT2D eigenvalue weighted by atomic mass is 35.5. The zero-order valence-corrected chi connectivity index (χ0v) is 12.5. The van der Waals surface area contributed by atoms with Gasteiger partial charge >= 0.3 is 11.0 Å². The number of benzene rings is 1. The van der Waals surface area contributed by atoms with E-state index in [2.05, 4.69) is 0 Å². The Hall–Kier alpha value is -2.32. The number of fused-ring (bicyclic) bond motifs is 1. The second kappa shape index (κ2) is 5.82. The molecular weight excluding hydrogens is 334 g/mol. The third kappa shape index (κ3) is 2.83. The van der Waals surface area contributed by atoms with Crippen LogP contribution < -0.4 is 9.47 Å². The quantitative estimate of drug-likeness (QED) is 0.481. The van der Waals surface area contributed by atoms with Crippen LogP contribution in [0.25, 0.3) is 0 Å². The molecule has 0 amide bonds. The Morgan fingerprint density at radius 2 is 2.09 bits per heavy atom. The van der Waals surface area contributed by atoms with Gasteiger partial charge in [-0.15, -0.1) is 0 Å². The molecule has 9 heteroatoms. The minimum absolute atomic E-state index is 0.0694. The molecule has 2 aromatic rings. The molecule has 3 rings (SSSR count). The Bertz CT molecular complexity index is 759. The van der Waals surface area contributed by atoms with Crippen molar-refractivity contribution in [1.29, 1.82) is 0 Å². The molecule has 22 heavy (non-hydrogen) atoms. The number of halogens is 1. The van der Waals surface area contributed by atoms with Crippen LogP contribution in [0.3, 0.4) is 0 Å². The molecule has 7 nitrogen and oxygen atoms in total. The molecule has 0 aliphatic carbocycles. The maximum Gasteiger partial charge on any atom is 0.348 e. The molecule has 0 N–H and O–H groups in total. The van der Waals surface area contributed by atoms with Crippen LogP contribution in [0.1, 0.15) is 15.2 Å². The predicted octanol–water partition coefficient (Wildman–Crippen LogP) is 3.40. The largest absolute Gasteiger partial charge is 0.457 e. The molecule has 0 saturated heterocycles. The minimum Gasteiger partial charge on any atom is -0.457 e. The number of carbonyl (C=O) groups excluding carboxylic acids is 1. The monoisotopic (exact) mass is 341 g/mol. The van der Waals surface area contributed by atoms with Gasteiger partial charge in [-0.1, -0.05) is 22.9 Å². The maximum atomic E-state index is 11.9. The van der Waals surface area contributed by atoms with Crippen molar-refractivity contribution < 1.29 is 23.9 Å². The van der Waals surface area contributed by atoms with Crippen molar-refractivity contribution in [1.82, 2.24) is 0 Å². The first kappa shape index (κ1) is 14.6. The van der Waals surface area contributed by atoms with Crippen LogP contribution >= 0.6 is 22.9 Å². The number of hydrogen-bond donors (Lipinski definition) is 0. The molecule has 0 radical (unpaired) electrons. The summed E-state index contributed by atoms with van der Waals surface area (Å²) in [6.07, 6.45) is 0. The number of nitro groups is 1. The Kier molecular flexibility index (Phi) is 3.86. The molecule has 1 aromatic carbocycles. The molecule has 0 fully saturated rings. The summed E-state index contributed by atoms with van der Waals surface area (Å²) in [5, 5.41) is 10.9. The van der Waals surface area contributed by atoms with Gasteiger partial charge in [0.1, 0.15) is 11.5 Å². The van der Waals surface area contributed by atoms with Crippen molar-refractivity contribution in [2.75, 3.05) is 6.79 Å². The maximum absolute atomic E-state index is 11.9. The van der Waals surface area contributed by atoms with Crippen molar-refractivity contribution in [3.8, 4) is 11.5 Å². The van der Waals surface area contributed by atoms with E-state index < -0.39 is 10.9 Å². The highest BCUT2D eigenvalue weighted by Gasteiger charge is 2.19.